The van der Waals surface area contributed by atoms with E-state index in [4.69, 9.17) is 4.74 Å². The Kier molecular flexibility index (Phi) is 7.04. The lowest BCUT2D eigenvalue weighted by molar-refractivity contribution is -0.143. The van der Waals surface area contributed by atoms with Crippen LogP contribution in [0, 0.1) is 0 Å². The first-order chi connectivity index (χ1) is 8.70. The molecule has 0 N–H and O–H groups in total. The number of unbranched alkanes of at least 4 members (excludes halogenated alkanes) is 1. The molecule has 0 heterocycles. The van der Waals surface area contributed by atoms with Gasteiger partial charge in [-0.2, -0.15) is 0 Å². The van der Waals surface area contributed by atoms with Gasteiger partial charge >= 0.3 is 5.97 Å². The molecule has 0 aromatic rings. The third kappa shape index (κ3) is 6.74. The van der Waals surface area contributed by atoms with Gasteiger partial charge < -0.3 is 9.64 Å². The van der Waals surface area contributed by atoms with Gasteiger partial charge in [-0.25, -0.2) is 4.79 Å². The Morgan fingerprint density at radius 3 is 2.26 bits per heavy atom. The summed E-state index contributed by atoms with van der Waals surface area (Å²) >= 11 is 0. The molecule has 1 amide bonds. The number of rotatable bonds is 7. The lowest BCUT2D eigenvalue weighted by atomic mass is 10.1. The molecule has 19 heavy (non-hydrogen) atoms. The monoisotopic (exact) mass is 269 g/mol. The predicted octanol–water partition coefficient (Wildman–Crippen LogP) is 1.71. The number of carbonyl (C=O) groups excluding carboxylic acids is 3. The maximum Gasteiger partial charge on any atom is 0.333 e. The van der Waals surface area contributed by atoms with Crippen LogP contribution in [0.3, 0.4) is 0 Å². The average Bonchev–Trinajstić information content (AvgIpc) is 2.30. The number of esters is 1. The third-order valence-electron chi connectivity index (χ3n) is 2.53. The van der Waals surface area contributed by atoms with E-state index < -0.39 is 17.4 Å². The highest BCUT2D eigenvalue weighted by Crippen LogP contribution is 2.14. The summed E-state index contributed by atoms with van der Waals surface area (Å²) in [5.74, 6) is -0.928. The van der Waals surface area contributed by atoms with E-state index in [9.17, 15) is 14.4 Å². The van der Waals surface area contributed by atoms with Gasteiger partial charge in [0.05, 0.1) is 6.61 Å². The fourth-order valence-electron chi connectivity index (χ4n) is 1.50. The summed E-state index contributed by atoms with van der Waals surface area (Å²) in [7, 11) is 0. The molecular weight excluding hydrogens is 246 g/mol. The normalized spacial score (nSPS) is 10.7. The molecule has 0 bridgehead atoms. The minimum Gasteiger partial charge on any atom is -0.462 e. The number of carbonyl (C=O) groups is 3. The lowest BCUT2D eigenvalue weighted by Gasteiger charge is -2.34. The zero-order valence-electron chi connectivity index (χ0n) is 12.2. The minimum atomic E-state index is -0.522. The number of aldehydes is 1. The fraction of sp³-hybridized carbons (Fsp3) is 0.643. The van der Waals surface area contributed by atoms with Crippen LogP contribution in [0.25, 0.3) is 0 Å². The number of hydrogen-bond acceptors (Lipinski definition) is 4. The van der Waals surface area contributed by atoms with Crippen molar-refractivity contribution < 1.29 is 19.1 Å². The Labute approximate surface area is 114 Å². The highest BCUT2D eigenvalue weighted by molar-refractivity contribution is 6.23. The van der Waals surface area contributed by atoms with Gasteiger partial charge in [-0.05, 0) is 40.5 Å². The smallest absolute Gasteiger partial charge is 0.333 e. The second-order valence-electron chi connectivity index (χ2n) is 5.40. The molecule has 0 aliphatic rings. The van der Waals surface area contributed by atoms with Gasteiger partial charge in [0.1, 0.15) is 0 Å². The van der Waals surface area contributed by atoms with E-state index >= 15 is 0 Å². The van der Waals surface area contributed by atoms with Gasteiger partial charge in [0.2, 0.25) is 6.29 Å². The van der Waals surface area contributed by atoms with Gasteiger partial charge in [-0.3, -0.25) is 9.59 Å². The van der Waals surface area contributed by atoms with Crippen molar-refractivity contribution in [3.8, 4) is 0 Å². The van der Waals surface area contributed by atoms with Crippen LogP contribution < -0.4 is 0 Å². The molecule has 0 aliphatic heterocycles. The Balaban J connectivity index is 4.09. The van der Waals surface area contributed by atoms with E-state index in [1.165, 1.54) is 4.90 Å². The Bertz CT molecular complexity index is 355. The molecule has 0 saturated heterocycles. The quantitative estimate of drug-likeness (QED) is 0.232. The molecule has 0 aromatic carbocycles. The molecule has 108 valence electrons. The van der Waals surface area contributed by atoms with Crippen molar-refractivity contribution in [1.82, 2.24) is 4.90 Å². The molecule has 0 spiro atoms. The molecule has 0 aromatic heterocycles. The first kappa shape index (κ1) is 17.4. The summed E-state index contributed by atoms with van der Waals surface area (Å²) in [6, 6.07) is 0. The highest BCUT2D eigenvalue weighted by atomic mass is 16.5. The highest BCUT2D eigenvalue weighted by Gasteiger charge is 2.25. The maximum absolute atomic E-state index is 11.5. The second-order valence-corrected chi connectivity index (χ2v) is 5.40. The average molecular weight is 269 g/mol. The number of hydrogen-bond donors (Lipinski definition) is 0. The minimum absolute atomic E-state index is 0.291. The van der Waals surface area contributed by atoms with E-state index in [1.807, 2.05) is 20.8 Å². The van der Waals surface area contributed by atoms with E-state index in [2.05, 4.69) is 6.58 Å². The summed E-state index contributed by atoms with van der Waals surface area (Å²) in [6.07, 6.45) is 1.63. The van der Waals surface area contributed by atoms with Crippen LogP contribution in [0.2, 0.25) is 0 Å². The van der Waals surface area contributed by atoms with Gasteiger partial charge in [0.15, 0.2) is 0 Å². The molecule has 5 nitrogen and oxygen atoms in total. The van der Waals surface area contributed by atoms with Gasteiger partial charge in [0.25, 0.3) is 5.91 Å². The van der Waals surface area contributed by atoms with Crippen LogP contribution in [0.5, 0.6) is 0 Å². The van der Waals surface area contributed by atoms with Crippen LogP contribution >= 0.6 is 0 Å². The number of ether oxygens (including phenoxy) is 1. The predicted molar refractivity (Wildman–Crippen MR) is 72.5 cm³/mol. The molecule has 0 fully saturated rings. The van der Waals surface area contributed by atoms with E-state index in [0.29, 0.717) is 37.9 Å². The standard InChI is InChI=1S/C14H23NO4/c1-11(2)13(18)19-9-7-6-8-15(12(17)10-16)14(3,4)5/h10H,1,6-9H2,2-5H3. The van der Waals surface area contributed by atoms with Crippen LogP contribution in [-0.4, -0.2) is 41.8 Å². The van der Waals surface area contributed by atoms with Gasteiger partial charge in [0, 0.05) is 17.7 Å². The maximum atomic E-state index is 11.5. The first-order valence-corrected chi connectivity index (χ1v) is 6.29. The van der Waals surface area contributed by atoms with E-state index in [1.54, 1.807) is 6.92 Å². The van der Waals surface area contributed by atoms with Crippen LogP contribution in [0.4, 0.5) is 0 Å². The van der Waals surface area contributed by atoms with Crippen LogP contribution in [0.15, 0.2) is 12.2 Å². The van der Waals surface area contributed by atoms with Crippen molar-refractivity contribution in [3.05, 3.63) is 12.2 Å². The summed E-state index contributed by atoms with van der Waals surface area (Å²) in [4.78, 5) is 34.7. The summed E-state index contributed by atoms with van der Waals surface area (Å²) in [6.45, 7) is 11.4. The largest absolute Gasteiger partial charge is 0.462 e. The molecule has 5 heteroatoms. The van der Waals surface area contributed by atoms with Crippen LogP contribution in [-0.2, 0) is 19.1 Å². The zero-order valence-corrected chi connectivity index (χ0v) is 12.2. The molecular formula is C14H23NO4. The molecule has 0 aliphatic carbocycles. The summed E-state index contributed by atoms with van der Waals surface area (Å²) in [5.41, 5.74) is -0.0284. The van der Waals surface area contributed by atoms with Crippen molar-refractivity contribution in [1.29, 1.82) is 0 Å². The third-order valence-corrected chi connectivity index (χ3v) is 2.53. The van der Waals surface area contributed by atoms with Crippen molar-refractivity contribution in [3.63, 3.8) is 0 Å². The summed E-state index contributed by atoms with van der Waals surface area (Å²) in [5, 5.41) is 0. The van der Waals surface area contributed by atoms with Crippen molar-refractivity contribution in [2.45, 2.75) is 46.1 Å². The molecule has 0 atom stereocenters. The van der Waals surface area contributed by atoms with E-state index in [-0.39, 0.29) is 0 Å². The summed E-state index contributed by atoms with van der Waals surface area (Å²) < 4.78 is 4.95. The fourth-order valence-corrected chi connectivity index (χ4v) is 1.50. The van der Waals surface area contributed by atoms with Crippen LogP contribution in [0.1, 0.15) is 40.5 Å². The van der Waals surface area contributed by atoms with Gasteiger partial charge in [-0.1, -0.05) is 6.58 Å². The Hall–Kier alpha value is -1.65. The topological polar surface area (TPSA) is 63.7 Å². The Morgan fingerprint density at radius 2 is 1.84 bits per heavy atom. The van der Waals surface area contributed by atoms with Crippen molar-refractivity contribution >= 4 is 18.2 Å². The zero-order chi connectivity index (χ0) is 15.1. The van der Waals surface area contributed by atoms with Crippen molar-refractivity contribution in [2.75, 3.05) is 13.2 Å². The molecule has 0 rings (SSSR count). The number of amides is 1. The molecule has 0 saturated carbocycles. The lowest BCUT2D eigenvalue weighted by Crippen LogP contribution is -2.46. The Morgan fingerprint density at radius 1 is 1.26 bits per heavy atom. The van der Waals surface area contributed by atoms with E-state index in [0.717, 1.165) is 0 Å². The SMILES string of the molecule is C=C(C)C(=O)OCCCCN(C(=O)C=O)C(C)(C)C. The first-order valence-electron chi connectivity index (χ1n) is 6.29. The molecule has 0 radical (unpaired) electrons. The molecule has 0 unspecified atom stereocenters. The van der Waals surface area contributed by atoms with Gasteiger partial charge in [-0.15, -0.1) is 0 Å². The van der Waals surface area contributed by atoms with Crippen molar-refractivity contribution in [2.24, 2.45) is 0 Å². The second kappa shape index (κ2) is 7.71. The number of nitrogens with zero attached hydrogens (tertiary/aromatic N) is 1.